The third-order valence-corrected chi connectivity index (χ3v) is 8.54. The van der Waals surface area contributed by atoms with Crippen molar-refractivity contribution in [1.82, 2.24) is 0 Å². The second-order valence-electron chi connectivity index (χ2n) is 11.2. The summed E-state index contributed by atoms with van der Waals surface area (Å²) in [6.07, 6.45) is 2.95. The van der Waals surface area contributed by atoms with Crippen LogP contribution in [0.1, 0.15) is 88.5 Å². The van der Waals surface area contributed by atoms with E-state index >= 15 is 0 Å². The number of ether oxygens (including phenoxy) is 2. The summed E-state index contributed by atoms with van der Waals surface area (Å²) >= 11 is -1.86. The highest BCUT2D eigenvalue weighted by molar-refractivity contribution is 7.91. The van der Waals surface area contributed by atoms with E-state index in [0.29, 0.717) is 36.8 Å². The van der Waals surface area contributed by atoms with Gasteiger partial charge in [-0.3, -0.25) is 9.59 Å². The van der Waals surface area contributed by atoms with E-state index in [1.165, 1.54) is 14.2 Å². The van der Waals surface area contributed by atoms with Gasteiger partial charge >= 0.3 is 11.9 Å². The summed E-state index contributed by atoms with van der Waals surface area (Å²) in [4.78, 5) is 23.6. The Bertz CT molecular complexity index is 1060. The number of carbonyl (C=O) groups is 2. The number of aryl methyl sites for hydroxylation is 2. The van der Waals surface area contributed by atoms with Crippen LogP contribution < -0.4 is 0 Å². The van der Waals surface area contributed by atoms with E-state index in [2.05, 4.69) is 0 Å². The van der Waals surface area contributed by atoms with Gasteiger partial charge in [-0.2, -0.15) is 0 Å². The fourth-order valence-electron chi connectivity index (χ4n) is 4.75. The molecule has 2 aromatic carbocycles. The number of hydrogen-bond acceptors (Lipinski definition) is 7. The normalized spacial score (nSPS) is 12.1. The minimum atomic E-state index is -1.86. The van der Waals surface area contributed by atoms with E-state index < -0.39 is 22.0 Å². The van der Waals surface area contributed by atoms with Gasteiger partial charge in [0.1, 0.15) is 0 Å². The molecule has 0 heterocycles. The first-order chi connectivity index (χ1) is 17.6. The number of benzene rings is 2. The lowest BCUT2D eigenvalue weighted by Crippen LogP contribution is -2.20. The van der Waals surface area contributed by atoms with Gasteiger partial charge in [-0.05, 0) is 61.5 Å². The maximum absolute atomic E-state index is 13.9. The van der Waals surface area contributed by atoms with Crippen molar-refractivity contribution in [2.75, 3.05) is 14.2 Å². The zero-order valence-electron chi connectivity index (χ0n) is 23.9. The van der Waals surface area contributed by atoms with Crippen molar-refractivity contribution >= 4 is 23.1 Å². The van der Waals surface area contributed by atoms with E-state index in [0.717, 1.165) is 11.1 Å². The van der Waals surface area contributed by atoms with E-state index in [1.54, 1.807) is 12.1 Å². The number of esters is 2. The average Bonchev–Trinajstić information content (AvgIpc) is 2.85. The molecule has 0 saturated heterocycles. The third-order valence-electron chi connectivity index (χ3n) is 7.12. The SMILES string of the molecule is COC(=O)CCCC(C)(C)c1cc(C)cc([S+]([O-])c2cc(C)cc(C(C)(C)CCCC(=O)OC)c2O)c1O. The second kappa shape index (κ2) is 12.9. The van der Waals surface area contributed by atoms with Gasteiger partial charge in [-0.15, -0.1) is 0 Å². The summed E-state index contributed by atoms with van der Waals surface area (Å²) in [6, 6.07) is 7.12. The summed E-state index contributed by atoms with van der Waals surface area (Å²) in [5.41, 5.74) is 1.95. The average molecular weight is 547 g/mol. The Kier molecular flexibility index (Phi) is 10.7. The molecule has 0 amide bonds. The molecule has 0 atom stereocenters. The van der Waals surface area contributed by atoms with Crippen LogP contribution in [0.2, 0.25) is 0 Å². The molecule has 0 aliphatic rings. The van der Waals surface area contributed by atoms with Crippen LogP contribution in [0.25, 0.3) is 0 Å². The molecule has 0 aromatic heterocycles. The molecule has 0 unspecified atom stereocenters. The maximum Gasteiger partial charge on any atom is 0.305 e. The molecule has 0 fully saturated rings. The number of aromatic hydroxyl groups is 2. The van der Waals surface area contributed by atoms with Crippen molar-refractivity contribution in [1.29, 1.82) is 0 Å². The zero-order valence-corrected chi connectivity index (χ0v) is 24.7. The van der Waals surface area contributed by atoms with Crippen molar-refractivity contribution in [3.8, 4) is 11.5 Å². The third kappa shape index (κ3) is 7.67. The molecule has 0 radical (unpaired) electrons. The van der Waals surface area contributed by atoms with Crippen LogP contribution >= 0.6 is 0 Å². The van der Waals surface area contributed by atoms with Gasteiger partial charge in [0.2, 0.25) is 9.79 Å². The van der Waals surface area contributed by atoms with Gasteiger partial charge in [0.25, 0.3) is 0 Å². The summed E-state index contributed by atoms with van der Waals surface area (Å²) in [5.74, 6) is -0.710. The minimum Gasteiger partial charge on any atom is -0.606 e. The Morgan fingerprint density at radius 3 is 1.42 bits per heavy atom. The zero-order chi connectivity index (χ0) is 28.8. The Hall–Kier alpha value is -2.71. The largest absolute Gasteiger partial charge is 0.606 e. The maximum atomic E-state index is 13.9. The molecule has 0 aliphatic carbocycles. The minimum absolute atomic E-state index is 0.0724. The van der Waals surface area contributed by atoms with E-state index in [1.807, 2.05) is 53.7 Å². The summed E-state index contributed by atoms with van der Waals surface area (Å²) < 4.78 is 23.4. The fourth-order valence-corrected chi connectivity index (χ4v) is 6.14. The van der Waals surface area contributed by atoms with Crippen molar-refractivity contribution in [2.24, 2.45) is 0 Å². The van der Waals surface area contributed by atoms with E-state index in [9.17, 15) is 24.4 Å². The lowest BCUT2D eigenvalue weighted by atomic mass is 9.79. The number of methoxy groups -OCH3 is 2. The first-order valence-corrected chi connectivity index (χ1v) is 14.0. The van der Waals surface area contributed by atoms with Crippen molar-refractivity contribution in [2.45, 2.75) is 101 Å². The van der Waals surface area contributed by atoms with Crippen LogP contribution in [-0.4, -0.2) is 40.9 Å². The summed E-state index contributed by atoms with van der Waals surface area (Å²) in [6.45, 7) is 11.7. The molecule has 0 bridgehead atoms. The highest BCUT2D eigenvalue weighted by Gasteiger charge is 2.34. The quantitative estimate of drug-likeness (QED) is 0.243. The molecule has 0 aliphatic heterocycles. The van der Waals surface area contributed by atoms with Crippen molar-refractivity contribution in [3.63, 3.8) is 0 Å². The lowest BCUT2D eigenvalue weighted by Gasteiger charge is -2.29. The number of rotatable bonds is 12. The van der Waals surface area contributed by atoms with Gasteiger partial charge in [0.15, 0.2) is 11.5 Å². The summed E-state index contributed by atoms with van der Waals surface area (Å²) in [7, 11) is 2.72. The van der Waals surface area contributed by atoms with Crippen LogP contribution in [0.3, 0.4) is 0 Å². The van der Waals surface area contributed by atoms with Crippen LogP contribution in [0, 0.1) is 13.8 Å². The molecular formula is C30H42O7S. The number of hydrogen-bond donors (Lipinski definition) is 2. The Morgan fingerprint density at radius 1 is 0.763 bits per heavy atom. The predicted molar refractivity (Wildman–Crippen MR) is 148 cm³/mol. The van der Waals surface area contributed by atoms with Crippen molar-refractivity contribution in [3.05, 3.63) is 46.5 Å². The monoisotopic (exact) mass is 546 g/mol. The number of carbonyl (C=O) groups excluding carboxylic acids is 2. The van der Waals surface area contributed by atoms with Gasteiger partial charge in [-0.1, -0.05) is 39.8 Å². The van der Waals surface area contributed by atoms with Gasteiger partial charge in [0, 0.05) is 47.3 Å². The molecule has 2 rings (SSSR count). The molecule has 2 N–H and O–H groups in total. The topological polar surface area (TPSA) is 116 Å². The van der Waals surface area contributed by atoms with E-state index in [-0.39, 0.29) is 46.1 Å². The second-order valence-corrected chi connectivity index (χ2v) is 12.6. The predicted octanol–water partition coefficient (Wildman–Crippen LogP) is 6.12. The molecule has 2 aromatic rings. The van der Waals surface area contributed by atoms with E-state index in [4.69, 9.17) is 9.47 Å². The number of phenolic OH excluding ortho intramolecular Hbond substituents is 2. The lowest BCUT2D eigenvalue weighted by molar-refractivity contribution is -0.141. The molecule has 0 saturated carbocycles. The van der Waals surface area contributed by atoms with Crippen LogP contribution in [-0.2, 0) is 41.1 Å². The van der Waals surface area contributed by atoms with Gasteiger partial charge in [-0.25, -0.2) is 0 Å². The van der Waals surface area contributed by atoms with Crippen LogP contribution in [0.5, 0.6) is 11.5 Å². The van der Waals surface area contributed by atoms with Crippen molar-refractivity contribution < 1.29 is 33.8 Å². The number of phenols is 2. The van der Waals surface area contributed by atoms with Crippen LogP contribution in [0.15, 0.2) is 34.1 Å². The molecule has 38 heavy (non-hydrogen) atoms. The highest BCUT2D eigenvalue weighted by Crippen LogP contribution is 2.45. The molecule has 0 spiro atoms. The van der Waals surface area contributed by atoms with Gasteiger partial charge in [0.05, 0.1) is 14.2 Å². The highest BCUT2D eigenvalue weighted by atomic mass is 32.2. The first kappa shape index (κ1) is 31.5. The smallest absolute Gasteiger partial charge is 0.305 e. The molecule has 8 heteroatoms. The Morgan fingerprint density at radius 2 is 1.11 bits per heavy atom. The Labute approximate surface area is 229 Å². The standard InChI is InChI=1S/C30H42O7S/c1-19-15-21(29(3,4)13-9-11-25(31)36-7)27(33)23(17-19)38(35)24-18-20(2)16-22(28(24)34)30(5,6)14-10-12-26(32)37-8/h15-18,33-34H,9-14H2,1-8H3. The molecular weight excluding hydrogens is 504 g/mol. The first-order valence-electron chi connectivity index (χ1n) is 12.9. The fraction of sp³-hybridized carbons (Fsp3) is 0.533. The summed E-state index contributed by atoms with van der Waals surface area (Å²) in [5, 5.41) is 22.6. The Balaban J connectivity index is 2.45. The molecule has 210 valence electrons. The van der Waals surface area contributed by atoms with Gasteiger partial charge < -0.3 is 24.2 Å². The molecule has 7 nitrogen and oxygen atoms in total. The van der Waals surface area contributed by atoms with Crippen LogP contribution in [0.4, 0.5) is 0 Å².